The lowest BCUT2D eigenvalue weighted by molar-refractivity contribution is -0.143. The second-order valence-electron chi connectivity index (χ2n) is 4.32. The van der Waals surface area contributed by atoms with Crippen LogP contribution in [0, 0.1) is 11.6 Å². The van der Waals surface area contributed by atoms with E-state index in [4.69, 9.17) is 15.6 Å². The highest BCUT2D eigenvalue weighted by Crippen LogP contribution is 2.20. The quantitative estimate of drug-likeness (QED) is 0.748. The summed E-state index contributed by atoms with van der Waals surface area (Å²) in [5.74, 6) is -3.29. The molecule has 6 heteroatoms. The third-order valence-corrected chi connectivity index (χ3v) is 3.00. The number of hydrogen-bond acceptors (Lipinski definition) is 3. The van der Waals surface area contributed by atoms with E-state index in [1.54, 1.807) is 6.92 Å². The highest BCUT2D eigenvalue weighted by atomic mass is 19.2. The van der Waals surface area contributed by atoms with Crippen molar-refractivity contribution < 1.29 is 23.4 Å². The number of carboxylic acids is 1. The van der Waals surface area contributed by atoms with E-state index in [9.17, 15) is 13.6 Å². The molecule has 0 saturated carbocycles. The summed E-state index contributed by atoms with van der Waals surface area (Å²) in [5, 5.41) is 8.95. The summed E-state index contributed by atoms with van der Waals surface area (Å²) < 4.78 is 31.2. The van der Waals surface area contributed by atoms with Crippen LogP contribution < -0.4 is 10.5 Å². The summed E-state index contributed by atoms with van der Waals surface area (Å²) in [6.45, 7) is 1.76. The Morgan fingerprint density at radius 3 is 2.74 bits per heavy atom. The molecule has 0 radical (unpaired) electrons. The van der Waals surface area contributed by atoms with E-state index < -0.39 is 23.1 Å². The van der Waals surface area contributed by atoms with Crippen molar-refractivity contribution in [1.82, 2.24) is 0 Å². The van der Waals surface area contributed by atoms with Gasteiger partial charge in [-0.2, -0.15) is 4.39 Å². The minimum atomic E-state index is -1.30. The van der Waals surface area contributed by atoms with Crippen LogP contribution in [-0.2, 0) is 4.79 Å². The van der Waals surface area contributed by atoms with E-state index in [1.807, 2.05) is 0 Å². The van der Waals surface area contributed by atoms with Gasteiger partial charge >= 0.3 is 5.97 Å². The van der Waals surface area contributed by atoms with Crippen molar-refractivity contribution in [2.45, 2.75) is 31.7 Å². The van der Waals surface area contributed by atoms with Crippen LogP contribution in [0.25, 0.3) is 0 Å². The van der Waals surface area contributed by atoms with Gasteiger partial charge in [0, 0.05) is 0 Å². The normalized spacial score (nSPS) is 13.9. The van der Waals surface area contributed by atoms with Gasteiger partial charge in [-0.15, -0.1) is 0 Å². The number of rotatable bonds is 7. The largest absolute Gasteiger partial charge is 0.490 e. The number of carbonyl (C=O) groups is 1. The SMILES string of the molecule is CCC(N)(CCCOc1cccc(F)c1F)C(=O)O. The van der Waals surface area contributed by atoms with E-state index in [2.05, 4.69) is 0 Å². The van der Waals surface area contributed by atoms with Gasteiger partial charge in [0.2, 0.25) is 5.82 Å². The molecule has 1 aromatic carbocycles. The molecule has 19 heavy (non-hydrogen) atoms. The molecule has 1 unspecified atom stereocenters. The van der Waals surface area contributed by atoms with E-state index in [0.29, 0.717) is 6.42 Å². The van der Waals surface area contributed by atoms with Crippen LogP contribution in [0.4, 0.5) is 8.78 Å². The van der Waals surface area contributed by atoms with E-state index in [-0.39, 0.29) is 25.2 Å². The first kappa shape index (κ1) is 15.4. The Morgan fingerprint density at radius 1 is 1.47 bits per heavy atom. The van der Waals surface area contributed by atoms with E-state index >= 15 is 0 Å². The average molecular weight is 273 g/mol. The molecule has 0 spiro atoms. The Bertz CT molecular complexity index is 454. The Balaban J connectivity index is 2.47. The van der Waals surface area contributed by atoms with Crippen molar-refractivity contribution in [2.24, 2.45) is 5.73 Å². The molecule has 0 saturated heterocycles. The van der Waals surface area contributed by atoms with Crippen LogP contribution in [0.1, 0.15) is 26.2 Å². The van der Waals surface area contributed by atoms with Crippen molar-refractivity contribution in [3.63, 3.8) is 0 Å². The van der Waals surface area contributed by atoms with Gasteiger partial charge in [-0.25, -0.2) is 4.39 Å². The minimum Gasteiger partial charge on any atom is -0.490 e. The van der Waals surface area contributed by atoms with Crippen molar-refractivity contribution in [1.29, 1.82) is 0 Å². The third-order valence-electron chi connectivity index (χ3n) is 3.00. The smallest absolute Gasteiger partial charge is 0.323 e. The molecule has 0 fully saturated rings. The Morgan fingerprint density at radius 2 is 2.16 bits per heavy atom. The maximum absolute atomic E-state index is 13.2. The Kier molecular flexibility index (Phi) is 5.23. The van der Waals surface area contributed by atoms with Gasteiger partial charge in [0.1, 0.15) is 5.54 Å². The summed E-state index contributed by atoms with van der Waals surface area (Å²) in [4.78, 5) is 10.9. The zero-order chi connectivity index (χ0) is 14.5. The first-order chi connectivity index (χ1) is 8.90. The monoisotopic (exact) mass is 273 g/mol. The summed E-state index contributed by atoms with van der Waals surface area (Å²) in [6.07, 6.45) is 0.832. The lowest BCUT2D eigenvalue weighted by Gasteiger charge is -2.22. The average Bonchev–Trinajstić information content (AvgIpc) is 2.38. The number of nitrogens with two attached hydrogens (primary N) is 1. The third kappa shape index (κ3) is 3.89. The predicted molar refractivity (Wildman–Crippen MR) is 65.9 cm³/mol. The number of carboxylic acid groups (broad SMARTS) is 1. The van der Waals surface area contributed by atoms with Crippen LogP contribution in [-0.4, -0.2) is 23.2 Å². The molecular weight excluding hydrogens is 256 g/mol. The highest BCUT2D eigenvalue weighted by molar-refractivity contribution is 5.78. The topological polar surface area (TPSA) is 72.5 Å². The lowest BCUT2D eigenvalue weighted by Crippen LogP contribution is -2.47. The number of hydrogen-bond donors (Lipinski definition) is 2. The number of benzene rings is 1. The second-order valence-corrected chi connectivity index (χ2v) is 4.32. The van der Waals surface area contributed by atoms with Gasteiger partial charge in [-0.3, -0.25) is 4.79 Å². The lowest BCUT2D eigenvalue weighted by atomic mass is 9.92. The Labute approximate surface area is 110 Å². The van der Waals surface area contributed by atoms with Crippen LogP contribution >= 0.6 is 0 Å². The molecule has 4 nitrogen and oxygen atoms in total. The molecule has 0 heterocycles. The molecule has 1 aromatic rings. The Hall–Kier alpha value is -1.69. The molecule has 106 valence electrons. The standard InChI is InChI=1S/C13H17F2NO3/c1-2-13(16,12(17)18)7-4-8-19-10-6-3-5-9(14)11(10)15/h3,5-6H,2,4,7-8,16H2,1H3,(H,17,18). The van der Waals surface area contributed by atoms with Crippen LogP contribution in [0.2, 0.25) is 0 Å². The molecule has 0 aliphatic carbocycles. The molecular formula is C13H17F2NO3. The minimum absolute atomic E-state index is 0.0760. The molecule has 0 aromatic heterocycles. The zero-order valence-electron chi connectivity index (χ0n) is 10.7. The molecule has 0 bridgehead atoms. The molecule has 0 aliphatic rings. The summed E-state index contributed by atoms with van der Waals surface area (Å²) in [7, 11) is 0. The van der Waals surface area contributed by atoms with Crippen molar-refractivity contribution in [3.8, 4) is 5.75 Å². The zero-order valence-corrected chi connectivity index (χ0v) is 10.7. The molecule has 0 aliphatic heterocycles. The van der Waals surface area contributed by atoms with Gasteiger partial charge in [-0.1, -0.05) is 13.0 Å². The van der Waals surface area contributed by atoms with Gasteiger partial charge in [0.05, 0.1) is 6.61 Å². The van der Waals surface area contributed by atoms with Gasteiger partial charge in [0.15, 0.2) is 11.6 Å². The molecule has 3 N–H and O–H groups in total. The van der Waals surface area contributed by atoms with E-state index in [1.165, 1.54) is 12.1 Å². The molecule has 0 amide bonds. The summed E-state index contributed by atoms with van der Waals surface area (Å²) in [6, 6.07) is 3.64. The first-order valence-corrected chi connectivity index (χ1v) is 6.00. The fraction of sp³-hybridized carbons (Fsp3) is 0.462. The van der Waals surface area contributed by atoms with Gasteiger partial charge in [-0.05, 0) is 31.4 Å². The van der Waals surface area contributed by atoms with Gasteiger partial charge in [0.25, 0.3) is 0 Å². The summed E-state index contributed by atoms with van der Waals surface area (Å²) >= 11 is 0. The second kappa shape index (κ2) is 6.47. The highest BCUT2D eigenvalue weighted by Gasteiger charge is 2.31. The number of ether oxygens (including phenoxy) is 1. The van der Waals surface area contributed by atoms with Crippen LogP contribution in [0.3, 0.4) is 0 Å². The fourth-order valence-electron chi connectivity index (χ4n) is 1.60. The first-order valence-electron chi connectivity index (χ1n) is 6.00. The number of aliphatic carboxylic acids is 1. The van der Waals surface area contributed by atoms with E-state index in [0.717, 1.165) is 6.07 Å². The van der Waals surface area contributed by atoms with Crippen molar-refractivity contribution in [2.75, 3.05) is 6.61 Å². The number of halogens is 2. The van der Waals surface area contributed by atoms with Crippen molar-refractivity contribution >= 4 is 5.97 Å². The summed E-state index contributed by atoms with van der Waals surface area (Å²) in [5.41, 5.74) is 4.38. The molecule has 1 rings (SSSR count). The maximum Gasteiger partial charge on any atom is 0.323 e. The predicted octanol–water partition coefficient (Wildman–Crippen LogP) is 2.32. The van der Waals surface area contributed by atoms with Gasteiger partial charge < -0.3 is 15.6 Å². The molecule has 1 atom stereocenters. The maximum atomic E-state index is 13.2. The van der Waals surface area contributed by atoms with Crippen LogP contribution in [0.5, 0.6) is 5.75 Å². The fourth-order valence-corrected chi connectivity index (χ4v) is 1.60. The van der Waals surface area contributed by atoms with Crippen LogP contribution in [0.15, 0.2) is 18.2 Å². The van der Waals surface area contributed by atoms with Crippen molar-refractivity contribution in [3.05, 3.63) is 29.8 Å².